The number of thioether (sulfide) groups is 1. The molecule has 0 radical (unpaired) electrons. The molecule has 1 aliphatic rings. The van der Waals surface area contributed by atoms with E-state index in [0.717, 1.165) is 30.2 Å². The summed E-state index contributed by atoms with van der Waals surface area (Å²) in [7, 11) is -3.72. The topological polar surface area (TPSA) is 87.8 Å². The van der Waals surface area contributed by atoms with E-state index in [2.05, 4.69) is 9.71 Å². The molecule has 0 saturated carbocycles. The molecule has 2 aromatic carbocycles. The maximum Gasteiger partial charge on any atom is 0.240 e. The lowest BCUT2D eigenvalue weighted by molar-refractivity contribution is 0.455. The number of nitrogens with one attached hydrogen (secondary N) is 1. The SMILES string of the molecule is NC(=NCc1cccc(S(=O)(=O)NCc2cccc(F)c2)c1)N1CCSCC1. The average Bonchev–Trinajstić information content (AvgIpc) is 2.71. The third-order valence-electron chi connectivity index (χ3n) is 4.32. The molecule has 0 bridgehead atoms. The number of nitrogens with zero attached hydrogens (tertiary/aromatic N) is 2. The van der Waals surface area contributed by atoms with E-state index in [-0.39, 0.29) is 11.4 Å². The van der Waals surface area contributed by atoms with Crippen molar-refractivity contribution in [1.29, 1.82) is 0 Å². The second kappa shape index (κ2) is 9.40. The van der Waals surface area contributed by atoms with E-state index < -0.39 is 15.8 Å². The third kappa shape index (κ3) is 5.70. The summed E-state index contributed by atoms with van der Waals surface area (Å²) in [6.45, 7) is 2.07. The highest BCUT2D eigenvalue weighted by Crippen LogP contribution is 2.14. The molecule has 0 atom stereocenters. The summed E-state index contributed by atoms with van der Waals surface area (Å²) in [5.41, 5.74) is 7.36. The van der Waals surface area contributed by atoms with Crippen LogP contribution in [0, 0.1) is 5.82 Å². The minimum absolute atomic E-state index is 0.0163. The summed E-state index contributed by atoms with van der Waals surface area (Å²) in [4.78, 5) is 6.58. The highest BCUT2D eigenvalue weighted by Gasteiger charge is 2.15. The number of hydrogen-bond donors (Lipinski definition) is 2. The maximum absolute atomic E-state index is 13.2. The van der Waals surface area contributed by atoms with Gasteiger partial charge in [-0.05, 0) is 35.4 Å². The Morgan fingerprint density at radius 2 is 1.86 bits per heavy atom. The van der Waals surface area contributed by atoms with Crippen LogP contribution in [0.1, 0.15) is 11.1 Å². The minimum Gasteiger partial charge on any atom is -0.370 e. The van der Waals surface area contributed by atoms with Gasteiger partial charge < -0.3 is 10.6 Å². The Balaban J connectivity index is 1.65. The fraction of sp³-hybridized carbons (Fsp3) is 0.316. The van der Waals surface area contributed by atoms with Crippen molar-refractivity contribution < 1.29 is 12.8 Å². The van der Waals surface area contributed by atoms with Gasteiger partial charge in [-0.2, -0.15) is 11.8 Å². The van der Waals surface area contributed by atoms with Crippen molar-refractivity contribution in [3.05, 3.63) is 65.5 Å². The summed E-state index contributed by atoms with van der Waals surface area (Å²) in [5, 5.41) is 0. The molecule has 1 heterocycles. The Hall–Kier alpha value is -2.10. The van der Waals surface area contributed by atoms with Crippen molar-refractivity contribution in [1.82, 2.24) is 9.62 Å². The third-order valence-corrected chi connectivity index (χ3v) is 6.66. The highest BCUT2D eigenvalue weighted by molar-refractivity contribution is 7.99. The molecule has 1 fully saturated rings. The molecule has 1 aliphatic heterocycles. The van der Waals surface area contributed by atoms with Crippen LogP contribution in [0.2, 0.25) is 0 Å². The fourth-order valence-electron chi connectivity index (χ4n) is 2.78. The molecule has 0 aromatic heterocycles. The molecular formula is C19H23FN4O2S2. The Morgan fingerprint density at radius 1 is 1.14 bits per heavy atom. The Labute approximate surface area is 169 Å². The fourth-order valence-corrected chi connectivity index (χ4v) is 4.78. The first kappa shape index (κ1) is 20.6. The number of hydrogen-bond acceptors (Lipinski definition) is 4. The van der Waals surface area contributed by atoms with Crippen LogP contribution in [0.5, 0.6) is 0 Å². The van der Waals surface area contributed by atoms with Gasteiger partial charge in [0.15, 0.2) is 5.96 Å². The summed E-state index contributed by atoms with van der Waals surface area (Å²) < 4.78 is 40.8. The van der Waals surface area contributed by atoms with Crippen LogP contribution in [0.3, 0.4) is 0 Å². The molecule has 0 spiro atoms. The molecule has 0 unspecified atom stereocenters. The van der Waals surface area contributed by atoms with Gasteiger partial charge in [0.1, 0.15) is 5.82 Å². The largest absolute Gasteiger partial charge is 0.370 e. The average molecular weight is 423 g/mol. The van der Waals surface area contributed by atoms with Crippen molar-refractivity contribution in [2.75, 3.05) is 24.6 Å². The standard InChI is InChI=1S/C19H23FN4O2S2/c20-17-5-1-3-15(11-17)14-23-28(25,26)18-6-2-4-16(12-18)13-22-19(21)24-7-9-27-10-8-24/h1-6,11-12,23H,7-10,13-14H2,(H2,21,22). The lowest BCUT2D eigenvalue weighted by atomic mass is 10.2. The van der Waals surface area contributed by atoms with Gasteiger partial charge in [-0.15, -0.1) is 0 Å². The van der Waals surface area contributed by atoms with Crippen LogP contribution >= 0.6 is 11.8 Å². The van der Waals surface area contributed by atoms with Gasteiger partial charge in [0.25, 0.3) is 0 Å². The van der Waals surface area contributed by atoms with Crippen LogP contribution in [0.4, 0.5) is 4.39 Å². The van der Waals surface area contributed by atoms with E-state index in [1.807, 2.05) is 22.7 Å². The molecule has 28 heavy (non-hydrogen) atoms. The summed E-state index contributed by atoms with van der Waals surface area (Å²) in [5.74, 6) is 2.14. The van der Waals surface area contributed by atoms with E-state index in [1.54, 1.807) is 24.3 Å². The second-order valence-corrected chi connectivity index (χ2v) is 9.37. The van der Waals surface area contributed by atoms with E-state index >= 15 is 0 Å². The number of sulfonamides is 1. The Bertz CT molecular complexity index is 944. The first-order valence-corrected chi connectivity index (χ1v) is 11.5. The van der Waals surface area contributed by atoms with Crippen molar-refractivity contribution in [3.8, 4) is 0 Å². The number of halogens is 1. The number of aliphatic imine (C=N–C) groups is 1. The molecular weight excluding hydrogens is 399 g/mol. The van der Waals surface area contributed by atoms with Crippen molar-refractivity contribution >= 4 is 27.7 Å². The van der Waals surface area contributed by atoms with E-state index in [0.29, 0.717) is 18.1 Å². The monoisotopic (exact) mass is 422 g/mol. The summed E-state index contributed by atoms with van der Waals surface area (Å²) >= 11 is 1.89. The number of benzene rings is 2. The van der Waals surface area contributed by atoms with E-state index in [1.165, 1.54) is 18.2 Å². The highest BCUT2D eigenvalue weighted by atomic mass is 32.2. The van der Waals surface area contributed by atoms with Crippen LogP contribution < -0.4 is 10.5 Å². The maximum atomic E-state index is 13.2. The van der Waals surface area contributed by atoms with Gasteiger partial charge in [-0.25, -0.2) is 22.5 Å². The lowest BCUT2D eigenvalue weighted by Gasteiger charge is -2.27. The molecule has 6 nitrogen and oxygen atoms in total. The van der Waals surface area contributed by atoms with Crippen LogP contribution in [-0.4, -0.2) is 43.9 Å². The smallest absolute Gasteiger partial charge is 0.240 e. The molecule has 0 aliphatic carbocycles. The van der Waals surface area contributed by atoms with Crippen LogP contribution in [0.25, 0.3) is 0 Å². The quantitative estimate of drug-likeness (QED) is 0.550. The van der Waals surface area contributed by atoms with Crippen molar-refractivity contribution in [3.63, 3.8) is 0 Å². The number of rotatable bonds is 6. The zero-order valence-corrected chi connectivity index (χ0v) is 17.0. The molecule has 0 amide bonds. The summed E-state index contributed by atoms with van der Waals surface area (Å²) in [6, 6.07) is 12.4. The molecule has 3 N–H and O–H groups in total. The summed E-state index contributed by atoms with van der Waals surface area (Å²) in [6.07, 6.45) is 0. The van der Waals surface area contributed by atoms with Gasteiger partial charge >= 0.3 is 0 Å². The van der Waals surface area contributed by atoms with E-state index in [9.17, 15) is 12.8 Å². The Kier molecular flexibility index (Phi) is 6.93. The molecule has 9 heteroatoms. The van der Waals surface area contributed by atoms with Gasteiger partial charge in [0, 0.05) is 31.1 Å². The van der Waals surface area contributed by atoms with Gasteiger partial charge in [-0.1, -0.05) is 24.3 Å². The number of nitrogens with two attached hydrogens (primary N) is 1. The lowest BCUT2D eigenvalue weighted by Crippen LogP contribution is -2.42. The normalized spacial score (nSPS) is 15.6. The van der Waals surface area contributed by atoms with Crippen LogP contribution in [-0.2, 0) is 23.1 Å². The molecule has 150 valence electrons. The van der Waals surface area contributed by atoms with Gasteiger partial charge in [0.05, 0.1) is 11.4 Å². The first-order valence-electron chi connectivity index (χ1n) is 8.90. The predicted molar refractivity (Wildman–Crippen MR) is 111 cm³/mol. The second-order valence-electron chi connectivity index (χ2n) is 6.38. The Morgan fingerprint density at radius 3 is 2.61 bits per heavy atom. The number of guanidine groups is 1. The first-order chi connectivity index (χ1) is 13.4. The van der Waals surface area contributed by atoms with Crippen molar-refractivity contribution in [2.24, 2.45) is 10.7 Å². The van der Waals surface area contributed by atoms with Crippen molar-refractivity contribution in [2.45, 2.75) is 18.0 Å². The minimum atomic E-state index is -3.72. The van der Waals surface area contributed by atoms with Crippen LogP contribution in [0.15, 0.2) is 58.4 Å². The zero-order chi connectivity index (χ0) is 20.0. The molecule has 2 aromatic rings. The molecule has 1 saturated heterocycles. The predicted octanol–water partition coefficient (Wildman–Crippen LogP) is 2.17. The molecule has 3 rings (SSSR count). The van der Waals surface area contributed by atoms with E-state index in [4.69, 9.17) is 5.73 Å². The zero-order valence-electron chi connectivity index (χ0n) is 15.3. The van der Waals surface area contributed by atoms with Gasteiger partial charge in [-0.3, -0.25) is 0 Å². The van der Waals surface area contributed by atoms with Gasteiger partial charge in [0.2, 0.25) is 10.0 Å².